The highest BCUT2D eigenvalue weighted by Crippen LogP contribution is 2.29. The van der Waals surface area contributed by atoms with Crippen LogP contribution in [0.3, 0.4) is 0 Å². The van der Waals surface area contributed by atoms with Crippen molar-refractivity contribution in [2.75, 3.05) is 11.4 Å². The summed E-state index contributed by atoms with van der Waals surface area (Å²) in [6, 6.07) is 30.7. The summed E-state index contributed by atoms with van der Waals surface area (Å²) in [4.78, 5) is 15.3. The molecule has 0 aliphatic carbocycles. The van der Waals surface area contributed by atoms with Crippen LogP contribution in [-0.2, 0) is 4.79 Å². The number of amides is 1. The van der Waals surface area contributed by atoms with E-state index in [4.69, 9.17) is 0 Å². The second-order valence-electron chi connectivity index (χ2n) is 6.81. The molecule has 0 aliphatic heterocycles. The van der Waals surface area contributed by atoms with Crippen LogP contribution in [0.15, 0.2) is 91.0 Å². The number of carbonyl (C=O) groups excluding carboxylic acids is 1. The van der Waals surface area contributed by atoms with E-state index in [1.54, 1.807) is 0 Å². The molecule has 0 heterocycles. The molecule has 3 aromatic carbocycles. The molecule has 0 N–H and O–H groups in total. The number of anilines is 1. The Morgan fingerprint density at radius 2 is 1.26 bits per heavy atom. The molecule has 0 saturated carbocycles. The largest absolute Gasteiger partial charge is 0.312 e. The number of para-hydroxylation sites is 1. The normalized spacial score (nSPS) is 10.7. The molecule has 0 atom stereocenters. The van der Waals surface area contributed by atoms with Crippen LogP contribution >= 0.6 is 0 Å². The van der Waals surface area contributed by atoms with Gasteiger partial charge in [-0.05, 0) is 29.7 Å². The van der Waals surface area contributed by atoms with E-state index in [0.717, 1.165) is 25.1 Å². The van der Waals surface area contributed by atoms with Gasteiger partial charge in [0.15, 0.2) is 0 Å². The predicted octanol–water partition coefficient (Wildman–Crippen LogP) is 6.04. The predicted molar refractivity (Wildman–Crippen MR) is 113 cm³/mol. The molecule has 3 rings (SSSR count). The molecule has 0 fully saturated rings. The van der Waals surface area contributed by atoms with Crippen molar-refractivity contribution in [1.29, 1.82) is 0 Å². The number of unbranched alkanes of at least 4 members (excludes halogenated alkanes) is 1. The van der Waals surface area contributed by atoms with Gasteiger partial charge in [0.05, 0.1) is 0 Å². The Kier molecular flexibility index (Phi) is 6.81. The molecule has 1 amide bonds. The van der Waals surface area contributed by atoms with Gasteiger partial charge in [-0.25, -0.2) is 0 Å². The van der Waals surface area contributed by atoms with Crippen molar-refractivity contribution in [3.63, 3.8) is 0 Å². The topological polar surface area (TPSA) is 20.3 Å². The summed E-state index contributed by atoms with van der Waals surface area (Å²) in [6.07, 6.45) is 2.53. The van der Waals surface area contributed by atoms with Crippen LogP contribution in [0.5, 0.6) is 0 Å². The van der Waals surface area contributed by atoms with E-state index in [-0.39, 0.29) is 11.8 Å². The van der Waals surface area contributed by atoms with Crippen LogP contribution in [0.1, 0.15) is 43.2 Å². The lowest BCUT2D eigenvalue weighted by molar-refractivity contribution is -0.118. The molecule has 0 aliphatic rings. The summed E-state index contributed by atoms with van der Waals surface area (Å²) in [6.45, 7) is 2.92. The quantitative estimate of drug-likeness (QED) is 0.481. The molecule has 0 unspecified atom stereocenters. The van der Waals surface area contributed by atoms with Gasteiger partial charge in [0.25, 0.3) is 0 Å². The van der Waals surface area contributed by atoms with Gasteiger partial charge in [-0.2, -0.15) is 0 Å². The standard InChI is InChI=1S/C25H27NO/c1-2-3-19-26(23-17-11-6-12-18-23)25(27)20-24(21-13-7-4-8-14-21)22-15-9-5-10-16-22/h4-18,24H,2-3,19-20H2,1H3. The van der Waals surface area contributed by atoms with Gasteiger partial charge >= 0.3 is 0 Å². The van der Waals surface area contributed by atoms with Crippen molar-refractivity contribution >= 4 is 11.6 Å². The lowest BCUT2D eigenvalue weighted by atomic mass is 9.88. The fourth-order valence-electron chi connectivity index (χ4n) is 3.41. The van der Waals surface area contributed by atoms with Crippen LogP contribution in [-0.4, -0.2) is 12.5 Å². The number of hydrogen-bond acceptors (Lipinski definition) is 1. The third-order valence-electron chi connectivity index (χ3n) is 4.89. The SMILES string of the molecule is CCCCN(C(=O)CC(c1ccccc1)c1ccccc1)c1ccccc1. The van der Waals surface area contributed by atoms with E-state index in [9.17, 15) is 4.79 Å². The zero-order chi connectivity index (χ0) is 18.9. The third kappa shape index (κ3) is 5.07. The van der Waals surface area contributed by atoms with Crippen LogP contribution in [0, 0.1) is 0 Å². The number of carbonyl (C=O) groups is 1. The molecular formula is C25H27NO. The summed E-state index contributed by atoms with van der Waals surface area (Å²) in [5.74, 6) is 0.236. The van der Waals surface area contributed by atoms with E-state index in [2.05, 4.69) is 31.2 Å². The Hall–Kier alpha value is -2.87. The molecular weight excluding hydrogens is 330 g/mol. The molecule has 0 saturated heterocycles. The van der Waals surface area contributed by atoms with Crippen molar-refractivity contribution in [2.45, 2.75) is 32.1 Å². The lowest BCUT2D eigenvalue weighted by Gasteiger charge is -2.26. The van der Waals surface area contributed by atoms with Gasteiger partial charge in [0.1, 0.15) is 0 Å². The van der Waals surface area contributed by atoms with Gasteiger partial charge in [-0.15, -0.1) is 0 Å². The summed E-state index contributed by atoms with van der Waals surface area (Å²) in [5, 5.41) is 0. The molecule has 0 spiro atoms. The van der Waals surface area contributed by atoms with Gasteiger partial charge in [-0.3, -0.25) is 4.79 Å². The van der Waals surface area contributed by atoms with Crippen molar-refractivity contribution in [3.05, 3.63) is 102 Å². The average molecular weight is 357 g/mol. The third-order valence-corrected chi connectivity index (χ3v) is 4.89. The minimum Gasteiger partial charge on any atom is -0.312 e. The van der Waals surface area contributed by atoms with Gasteiger partial charge in [-0.1, -0.05) is 92.2 Å². The summed E-state index contributed by atoms with van der Waals surface area (Å²) in [5.41, 5.74) is 3.34. The first kappa shape index (κ1) is 18.9. The Balaban J connectivity index is 1.88. The maximum atomic E-state index is 13.3. The zero-order valence-corrected chi connectivity index (χ0v) is 15.9. The van der Waals surface area contributed by atoms with E-state index >= 15 is 0 Å². The molecule has 0 radical (unpaired) electrons. The first-order chi connectivity index (χ1) is 13.3. The Morgan fingerprint density at radius 1 is 0.778 bits per heavy atom. The lowest BCUT2D eigenvalue weighted by Crippen LogP contribution is -2.33. The van der Waals surface area contributed by atoms with Crippen molar-refractivity contribution in [2.24, 2.45) is 0 Å². The molecule has 0 aromatic heterocycles. The number of nitrogens with zero attached hydrogens (tertiary/aromatic N) is 1. The van der Waals surface area contributed by atoms with E-state index < -0.39 is 0 Å². The Bertz CT molecular complexity index is 775. The van der Waals surface area contributed by atoms with Crippen LogP contribution < -0.4 is 4.90 Å². The van der Waals surface area contributed by atoms with Gasteiger partial charge < -0.3 is 4.90 Å². The maximum Gasteiger partial charge on any atom is 0.227 e. The van der Waals surface area contributed by atoms with Crippen molar-refractivity contribution in [3.8, 4) is 0 Å². The zero-order valence-electron chi connectivity index (χ0n) is 15.9. The number of hydrogen-bond donors (Lipinski definition) is 0. The highest BCUT2D eigenvalue weighted by molar-refractivity contribution is 5.94. The average Bonchev–Trinajstić information content (AvgIpc) is 2.74. The summed E-state index contributed by atoms with van der Waals surface area (Å²) < 4.78 is 0. The highest BCUT2D eigenvalue weighted by Gasteiger charge is 2.22. The summed E-state index contributed by atoms with van der Waals surface area (Å²) in [7, 11) is 0. The fraction of sp³-hybridized carbons (Fsp3) is 0.240. The number of benzene rings is 3. The van der Waals surface area contributed by atoms with Crippen molar-refractivity contribution < 1.29 is 4.79 Å². The minimum absolute atomic E-state index is 0.0627. The van der Waals surface area contributed by atoms with Gasteiger partial charge in [0.2, 0.25) is 5.91 Å². The van der Waals surface area contributed by atoms with Gasteiger partial charge in [0, 0.05) is 24.6 Å². The van der Waals surface area contributed by atoms with Crippen LogP contribution in [0.4, 0.5) is 5.69 Å². The molecule has 2 heteroatoms. The maximum absolute atomic E-state index is 13.3. The second kappa shape index (κ2) is 9.72. The fourth-order valence-corrected chi connectivity index (χ4v) is 3.41. The highest BCUT2D eigenvalue weighted by atomic mass is 16.2. The molecule has 2 nitrogen and oxygen atoms in total. The first-order valence-corrected chi connectivity index (χ1v) is 9.75. The first-order valence-electron chi connectivity index (χ1n) is 9.75. The second-order valence-corrected chi connectivity index (χ2v) is 6.81. The smallest absolute Gasteiger partial charge is 0.227 e. The monoisotopic (exact) mass is 357 g/mol. The molecule has 3 aromatic rings. The van der Waals surface area contributed by atoms with Crippen molar-refractivity contribution in [1.82, 2.24) is 0 Å². The molecule has 0 bridgehead atoms. The minimum atomic E-state index is 0.0627. The summed E-state index contributed by atoms with van der Waals surface area (Å²) >= 11 is 0. The molecule has 138 valence electrons. The Morgan fingerprint density at radius 3 is 1.74 bits per heavy atom. The van der Waals surface area contributed by atoms with Crippen LogP contribution in [0.2, 0.25) is 0 Å². The van der Waals surface area contributed by atoms with Crippen LogP contribution in [0.25, 0.3) is 0 Å². The van der Waals surface area contributed by atoms with E-state index in [0.29, 0.717) is 6.42 Å². The van der Waals surface area contributed by atoms with E-state index in [1.165, 1.54) is 11.1 Å². The molecule has 27 heavy (non-hydrogen) atoms. The number of rotatable bonds is 8. The van der Waals surface area contributed by atoms with E-state index in [1.807, 2.05) is 71.6 Å². The Labute approximate surface area is 162 Å².